The molecule has 1 heterocycles. The van der Waals surface area contributed by atoms with Crippen molar-refractivity contribution in [2.75, 3.05) is 14.2 Å². The topological polar surface area (TPSA) is 56.2 Å². The minimum absolute atomic E-state index is 0.227. The first kappa shape index (κ1) is 14.4. The lowest BCUT2D eigenvalue weighted by Gasteiger charge is -2.25. The highest BCUT2D eigenvalue weighted by Gasteiger charge is 2.31. The minimum atomic E-state index is -0.616. The van der Waals surface area contributed by atoms with Crippen molar-refractivity contribution in [1.82, 2.24) is 15.1 Å². The molecule has 1 rings (SSSR count). The summed E-state index contributed by atoms with van der Waals surface area (Å²) in [4.78, 5) is 11.6. The van der Waals surface area contributed by atoms with E-state index in [1.165, 1.54) is 7.11 Å². The summed E-state index contributed by atoms with van der Waals surface area (Å²) in [6.07, 6.45) is 5.38. The molecule has 0 aromatic carbocycles. The van der Waals surface area contributed by atoms with Gasteiger partial charge in [-0.05, 0) is 49.4 Å². The Morgan fingerprint density at radius 3 is 2.88 bits per heavy atom. The van der Waals surface area contributed by atoms with Crippen LogP contribution in [-0.2, 0) is 16.1 Å². The van der Waals surface area contributed by atoms with Gasteiger partial charge in [0.05, 0.1) is 16.9 Å². The number of esters is 1. The molecule has 6 heteroatoms. The number of likely N-dealkylation sites (N-methyl/N-ethyl adjacent to an activating group) is 1. The average Bonchev–Trinajstić information content (AvgIpc) is 2.73. The van der Waals surface area contributed by atoms with Gasteiger partial charge in [0.2, 0.25) is 0 Å². The third-order valence-electron chi connectivity index (χ3n) is 2.85. The Labute approximate surface area is 115 Å². The average molecular weight is 351 g/mol. The third kappa shape index (κ3) is 3.95. The monoisotopic (exact) mass is 351 g/mol. The molecule has 0 aliphatic heterocycles. The van der Waals surface area contributed by atoms with Crippen molar-refractivity contribution in [1.29, 1.82) is 0 Å². The first-order chi connectivity index (χ1) is 8.01. The van der Waals surface area contributed by atoms with Gasteiger partial charge in [-0.25, -0.2) is 0 Å². The second-order valence-electron chi connectivity index (χ2n) is 4.10. The Balaban J connectivity index is 2.46. The molecule has 17 heavy (non-hydrogen) atoms. The van der Waals surface area contributed by atoms with E-state index in [0.717, 1.165) is 16.5 Å². The van der Waals surface area contributed by atoms with Crippen molar-refractivity contribution in [3.63, 3.8) is 0 Å². The number of rotatable bonds is 6. The summed E-state index contributed by atoms with van der Waals surface area (Å²) in [5, 5.41) is 7.21. The number of hydrogen-bond donors (Lipinski definition) is 1. The maximum atomic E-state index is 11.6. The molecule has 0 saturated carbocycles. The van der Waals surface area contributed by atoms with Crippen molar-refractivity contribution in [3.8, 4) is 0 Å². The lowest BCUT2D eigenvalue weighted by atomic mass is 9.96. The molecule has 0 aliphatic rings. The van der Waals surface area contributed by atoms with Gasteiger partial charge in [0.25, 0.3) is 0 Å². The summed E-state index contributed by atoms with van der Waals surface area (Å²) in [5.41, 5.74) is -0.616. The number of carbonyl (C=O) groups is 1. The van der Waals surface area contributed by atoms with Crippen LogP contribution in [0, 0.1) is 3.57 Å². The maximum Gasteiger partial charge on any atom is 0.325 e. The summed E-state index contributed by atoms with van der Waals surface area (Å²) in [6, 6.07) is 0. The van der Waals surface area contributed by atoms with E-state index in [-0.39, 0.29) is 5.97 Å². The summed E-state index contributed by atoms with van der Waals surface area (Å²) >= 11 is 2.22. The smallest absolute Gasteiger partial charge is 0.325 e. The fourth-order valence-electron chi connectivity index (χ4n) is 1.61. The van der Waals surface area contributed by atoms with Gasteiger partial charge in [-0.1, -0.05) is 0 Å². The number of aryl methyl sites for hydroxylation is 1. The minimum Gasteiger partial charge on any atom is -0.468 e. The maximum absolute atomic E-state index is 11.6. The van der Waals surface area contributed by atoms with Gasteiger partial charge in [-0.3, -0.25) is 9.48 Å². The summed E-state index contributed by atoms with van der Waals surface area (Å²) in [5.74, 6) is -0.227. The molecule has 0 bridgehead atoms. The molecular weight excluding hydrogens is 333 g/mol. The first-order valence-corrected chi connectivity index (χ1v) is 6.55. The lowest BCUT2D eigenvalue weighted by molar-refractivity contribution is -0.148. The summed E-state index contributed by atoms with van der Waals surface area (Å²) < 4.78 is 7.79. The third-order valence-corrected chi connectivity index (χ3v) is 3.41. The lowest BCUT2D eigenvalue weighted by Crippen LogP contribution is -2.48. The Morgan fingerprint density at radius 1 is 1.71 bits per heavy atom. The zero-order valence-electron chi connectivity index (χ0n) is 10.4. The molecule has 1 unspecified atom stereocenters. The zero-order chi connectivity index (χ0) is 12.9. The van der Waals surface area contributed by atoms with Crippen LogP contribution >= 0.6 is 22.6 Å². The van der Waals surface area contributed by atoms with Crippen molar-refractivity contribution in [2.24, 2.45) is 0 Å². The van der Waals surface area contributed by atoms with Crippen LogP contribution in [0.25, 0.3) is 0 Å². The molecule has 0 fully saturated rings. The zero-order valence-corrected chi connectivity index (χ0v) is 12.5. The molecule has 1 aromatic heterocycles. The Kier molecular flexibility index (Phi) is 5.38. The Morgan fingerprint density at radius 2 is 2.41 bits per heavy atom. The van der Waals surface area contributed by atoms with Crippen LogP contribution in [0.1, 0.15) is 19.8 Å². The second kappa shape index (κ2) is 6.34. The quantitative estimate of drug-likeness (QED) is 0.622. The van der Waals surface area contributed by atoms with E-state index in [1.807, 2.05) is 24.0 Å². The van der Waals surface area contributed by atoms with Gasteiger partial charge >= 0.3 is 5.97 Å². The molecule has 0 aliphatic carbocycles. The predicted molar refractivity (Wildman–Crippen MR) is 73.7 cm³/mol. The van der Waals surface area contributed by atoms with Crippen LogP contribution in [0.3, 0.4) is 0 Å². The molecule has 0 amide bonds. The number of methoxy groups -OCH3 is 1. The Hall–Kier alpha value is -0.630. The molecule has 0 spiro atoms. The van der Waals surface area contributed by atoms with Crippen molar-refractivity contribution in [3.05, 3.63) is 16.0 Å². The fourth-order valence-corrected chi connectivity index (χ4v) is 2.06. The van der Waals surface area contributed by atoms with E-state index in [4.69, 9.17) is 4.74 Å². The highest BCUT2D eigenvalue weighted by Crippen LogP contribution is 2.14. The van der Waals surface area contributed by atoms with Crippen LogP contribution in [0.4, 0.5) is 0 Å². The van der Waals surface area contributed by atoms with E-state index < -0.39 is 5.54 Å². The van der Waals surface area contributed by atoms with E-state index in [1.54, 1.807) is 7.05 Å². The van der Waals surface area contributed by atoms with E-state index in [0.29, 0.717) is 6.42 Å². The van der Waals surface area contributed by atoms with E-state index in [2.05, 4.69) is 33.0 Å². The van der Waals surface area contributed by atoms with Crippen LogP contribution in [0.2, 0.25) is 0 Å². The molecule has 0 saturated heterocycles. The summed E-state index contributed by atoms with van der Waals surface area (Å²) in [7, 11) is 3.18. The van der Waals surface area contributed by atoms with Gasteiger partial charge < -0.3 is 10.1 Å². The molecule has 1 N–H and O–H groups in total. The number of carbonyl (C=O) groups excluding carboxylic acids is 1. The first-order valence-electron chi connectivity index (χ1n) is 5.47. The molecule has 0 radical (unpaired) electrons. The van der Waals surface area contributed by atoms with E-state index in [9.17, 15) is 4.79 Å². The van der Waals surface area contributed by atoms with Crippen LogP contribution in [-0.4, -0.2) is 35.4 Å². The number of nitrogens with zero attached hydrogens (tertiary/aromatic N) is 2. The van der Waals surface area contributed by atoms with Gasteiger partial charge in [-0.15, -0.1) is 0 Å². The molecular formula is C11H18IN3O2. The number of ether oxygens (including phenoxy) is 1. The van der Waals surface area contributed by atoms with Crippen molar-refractivity contribution in [2.45, 2.75) is 31.8 Å². The Bertz CT molecular complexity index is 381. The van der Waals surface area contributed by atoms with Crippen LogP contribution < -0.4 is 5.32 Å². The van der Waals surface area contributed by atoms with Gasteiger partial charge in [0, 0.05) is 12.7 Å². The van der Waals surface area contributed by atoms with Crippen molar-refractivity contribution < 1.29 is 9.53 Å². The molecule has 96 valence electrons. The molecule has 1 aromatic rings. The van der Waals surface area contributed by atoms with Gasteiger partial charge in [0.15, 0.2) is 0 Å². The predicted octanol–water partition coefficient (Wildman–Crippen LogP) is 1.42. The second-order valence-corrected chi connectivity index (χ2v) is 5.34. The number of nitrogens with one attached hydrogen (secondary N) is 1. The number of halogens is 1. The fraction of sp³-hybridized carbons (Fsp3) is 0.636. The molecule has 5 nitrogen and oxygen atoms in total. The number of aromatic nitrogens is 2. The highest BCUT2D eigenvalue weighted by atomic mass is 127. The standard InChI is InChI=1S/C11H18IN3O2/c1-11(13-2,10(16)17-3)5-4-6-15-8-9(12)7-14-15/h7-8,13H,4-6H2,1-3H3. The summed E-state index contributed by atoms with van der Waals surface area (Å²) in [6.45, 7) is 2.66. The van der Waals surface area contributed by atoms with E-state index >= 15 is 0 Å². The largest absolute Gasteiger partial charge is 0.468 e. The highest BCUT2D eigenvalue weighted by molar-refractivity contribution is 14.1. The van der Waals surface area contributed by atoms with Gasteiger partial charge in [-0.2, -0.15) is 5.10 Å². The SMILES string of the molecule is CNC(C)(CCCn1cc(I)cn1)C(=O)OC. The van der Waals surface area contributed by atoms with Crippen LogP contribution in [0.5, 0.6) is 0 Å². The van der Waals surface area contributed by atoms with Crippen molar-refractivity contribution >= 4 is 28.6 Å². The van der Waals surface area contributed by atoms with Crippen LogP contribution in [0.15, 0.2) is 12.4 Å². The van der Waals surface area contributed by atoms with Gasteiger partial charge in [0.1, 0.15) is 5.54 Å². The molecule has 1 atom stereocenters. The number of hydrogen-bond acceptors (Lipinski definition) is 4. The normalized spacial score (nSPS) is 14.4.